The molecular weight excluding hydrogens is 268 g/mol. The van der Waals surface area contributed by atoms with Crippen LogP contribution >= 0.6 is 0 Å². The van der Waals surface area contributed by atoms with Gasteiger partial charge in [0.05, 0.1) is 0 Å². The fourth-order valence-corrected chi connectivity index (χ4v) is 2.39. The van der Waals surface area contributed by atoms with Crippen molar-refractivity contribution in [2.24, 2.45) is 0 Å². The number of carbonyl (C=O) groups is 1. The van der Waals surface area contributed by atoms with E-state index in [1.807, 2.05) is 33.8 Å². The van der Waals surface area contributed by atoms with Gasteiger partial charge in [0.2, 0.25) is 0 Å². The number of anilines is 1. The summed E-state index contributed by atoms with van der Waals surface area (Å²) in [5, 5.41) is 0. The summed E-state index contributed by atoms with van der Waals surface area (Å²) in [5.41, 5.74) is 0.489. The Morgan fingerprint density at radius 3 is 2.62 bits per heavy atom. The Balaban J connectivity index is 2.01. The van der Waals surface area contributed by atoms with Gasteiger partial charge in [0.1, 0.15) is 17.7 Å². The number of aryl methyl sites for hydroxylation is 1. The number of rotatable bonds is 1. The van der Waals surface area contributed by atoms with Crippen molar-refractivity contribution in [3.63, 3.8) is 0 Å². The zero-order chi connectivity index (χ0) is 15.6. The minimum Gasteiger partial charge on any atom is -0.444 e. The molecule has 116 valence electrons. The Kier molecular flexibility index (Phi) is 4.34. The van der Waals surface area contributed by atoms with Gasteiger partial charge in [-0.3, -0.25) is 0 Å². The molecule has 0 aromatic carbocycles. The van der Waals surface area contributed by atoms with Crippen molar-refractivity contribution in [2.75, 3.05) is 24.5 Å². The minimum atomic E-state index is -0.457. The van der Waals surface area contributed by atoms with Gasteiger partial charge in [0.15, 0.2) is 0 Å². The van der Waals surface area contributed by atoms with Crippen LogP contribution in [0.3, 0.4) is 0 Å². The molecule has 1 aromatic heterocycles. The molecule has 0 bridgehead atoms. The molecule has 21 heavy (non-hydrogen) atoms. The number of hydrogen-bond donors (Lipinski definition) is 0. The molecule has 1 aliphatic rings. The van der Waals surface area contributed by atoms with Gasteiger partial charge in [-0.15, -0.1) is 0 Å². The van der Waals surface area contributed by atoms with Crippen molar-refractivity contribution in [3.8, 4) is 0 Å². The summed E-state index contributed by atoms with van der Waals surface area (Å²) >= 11 is 0. The highest BCUT2D eigenvalue weighted by molar-refractivity contribution is 5.68. The van der Waals surface area contributed by atoms with Crippen LogP contribution in [0.4, 0.5) is 10.6 Å². The van der Waals surface area contributed by atoms with Crippen LogP contribution in [0.15, 0.2) is 12.4 Å². The van der Waals surface area contributed by atoms with Crippen LogP contribution in [0.1, 0.15) is 33.4 Å². The maximum Gasteiger partial charge on any atom is 0.410 e. The molecule has 1 fully saturated rings. The second kappa shape index (κ2) is 5.87. The van der Waals surface area contributed by atoms with Crippen molar-refractivity contribution in [2.45, 2.75) is 46.3 Å². The minimum absolute atomic E-state index is 0.195. The van der Waals surface area contributed by atoms with E-state index in [1.54, 1.807) is 11.2 Å². The molecule has 1 amide bonds. The molecule has 1 saturated heterocycles. The molecule has 0 aliphatic carbocycles. The van der Waals surface area contributed by atoms with Gasteiger partial charge < -0.3 is 14.5 Å². The van der Waals surface area contributed by atoms with Gasteiger partial charge in [-0.2, -0.15) is 0 Å². The van der Waals surface area contributed by atoms with Crippen LogP contribution in [-0.2, 0) is 4.74 Å². The van der Waals surface area contributed by atoms with Crippen molar-refractivity contribution in [1.29, 1.82) is 0 Å². The standard InChI is InChI=1S/C15H24N4O2/c1-11-8-13(17-10-16-11)19-7-6-18(9-12(19)2)14(20)21-15(3,4)5/h8,10,12H,6-7,9H2,1-5H3/t12-/m0/s1. The number of hydrogen-bond acceptors (Lipinski definition) is 5. The summed E-state index contributed by atoms with van der Waals surface area (Å²) in [6.07, 6.45) is 1.34. The number of nitrogens with zero attached hydrogens (tertiary/aromatic N) is 4. The normalized spacial score (nSPS) is 19.6. The molecule has 1 aliphatic heterocycles. The van der Waals surface area contributed by atoms with Crippen LogP contribution in [0.25, 0.3) is 0 Å². The lowest BCUT2D eigenvalue weighted by Crippen LogP contribution is -2.54. The van der Waals surface area contributed by atoms with E-state index in [1.165, 1.54) is 0 Å². The predicted octanol–water partition coefficient (Wildman–Crippen LogP) is 2.23. The summed E-state index contributed by atoms with van der Waals surface area (Å²) in [6.45, 7) is 11.7. The summed E-state index contributed by atoms with van der Waals surface area (Å²) in [7, 11) is 0. The molecule has 0 saturated carbocycles. The van der Waals surface area contributed by atoms with Gasteiger partial charge in [0, 0.05) is 37.4 Å². The number of ether oxygens (including phenoxy) is 1. The largest absolute Gasteiger partial charge is 0.444 e. The van der Waals surface area contributed by atoms with E-state index in [-0.39, 0.29) is 12.1 Å². The summed E-state index contributed by atoms with van der Waals surface area (Å²) < 4.78 is 5.43. The summed E-state index contributed by atoms with van der Waals surface area (Å²) in [5.74, 6) is 0.916. The van der Waals surface area contributed by atoms with Gasteiger partial charge >= 0.3 is 6.09 Å². The monoisotopic (exact) mass is 292 g/mol. The third kappa shape index (κ3) is 4.06. The van der Waals surface area contributed by atoms with Crippen molar-refractivity contribution < 1.29 is 9.53 Å². The molecule has 1 atom stereocenters. The average molecular weight is 292 g/mol. The lowest BCUT2D eigenvalue weighted by molar-refractivity contribution is 0.0218. The van der Waals surface area contributed by atoms with E-state index in [4.69, 9.17) is 4.74 Å². The zero-order valence-corrected chi connectivity index (χ0v) is 13.5. The second-order valence-corrected chi connectivity index (χ2v) is 6.49. The SMILES string of the molecule is Cc1cc(N2CCN(C(=O)OC(C)(C)C)C[C@@H]2C)ncn1. The van der Waals surface area contributed by atoms with Gasteiger partial charge in [-0.25, -0.2) is 14.8 Å². The molecule has 0 spiro atoms. The van der Waals surface area contributed by atoms with E-state index in [0.717, 1.165) is 18.1 Å². The first-order valence-corrected chi connectivity index (χ1v) is 7.29. The fraction of sp³-hybridized carbons (Fsp3) is 0.667. The highest BCUT2D eigenvalue weighted by Crippen LogP contribution is 2.20. The number of piperazine rings is 1. The number of carbonyl (C=O) groups excluding carboxylic acids is 1. The summed E-state index contributed by atoms with van der Waals surface area (Å²) in [4.78, 5) is 24.5. The first-order valence-electron chi connectivity index (χ1n) is 7.29. The van der Waals surface area contributed by atoms with Crippen molar-refractivity contribution >= 4 is 11.9 Å². The first-order chi connectivity index (χ1) is 9.76. The topological polar surface area (TPSA) is 58.6 Å². The van der Waals surface area contributed by atoms with E-state index in [2.05, 4.69) is 21.8 Å². The highest BCUT2D eigenvalue weighted by atomic mass is 16.6. The van der Waals surface area contributed by atoms with Crippen molar-refractivity contribution in [1.82, 2.24) is 14.9 Å². The summed E-state index contributed by atoms with van der Waals surface area (Å²) in [6, 6.07) is 2.17. The second-order valence-electron chi connectivity index (χ2n) is 6.49. The lowest BCUT2D eigenvalue weighted by atomic mass is 10.2. The Hall–Kier alpha value is -1.85. The van der Waals surface area contributed by atoms with Gasteiger partial charge in [0.25, 0.3) is 0 Å². The van der Waals surface area contributed by atoms with Gasteiger partial charge in [-0.1, -0.05) is 0 Å². The Morgan fingerprint density at radius 1 is 1.33 bits per heavy atom. The Bertz CT molecular complexity index is 513. The molecule has 2 rings (SSSR count). The fourth-order valence-electron chi connectivity index (χ4n) is 2.39. The van der Waals surface area contributed by atoms with E-state index in [9.17, 15) is 4.79 Å². The third-order valence-electron chi connectivity index (χ3n) is 3.36. The van der Waals surface area contributed by atoms with Crippen LogP contribution in [0.2, 0.25) is 0 Å². The van der Waals surface area contributed by atoms with Crippen LogP contribution in [0, 0.1) is 6.92 Å². The van der Waals surface area contributed by atoms with Gasteiger partial charge in [-0.05, 0) is 34.6 Å². The number of amides is 1. The molecule has 6 heteroatoms. The van der Waals surface area contributed by atoms with Crippen molar-refractivity contribution in [3.05, 3.63) is 18.1 Å². The van der Waals surface area contributed by atoms with Crippen LogP contribution < -0.4 is 4.90 Å². The maximum atomic E-state index is 12.1. The third-order valence-corrected chi connectivity index (χ3v) is 3.36. The van der Waals surface area contributed by atoms with E-state index in [0.29, 0.717) is 13.1 Å². The molecular formula is C15H24N4O2. The zero-order valence-electron chi connectivity index (χ0n) is 13.5. The Labute approximate surface area is 126 Å². The number of aromatic nitrogens is 2. The highest BCUT2D eigenvalue weighted by Gasteiger charge is 2.30. The average Bonchev–Trinajstić information content (AvgIpc) is 2.36. The van der Waals surface area contributed by atoms with Crippen LogP contribution in [0.5, 0.6) is 0 Å². The Morgan fingerprint density at radius 2 is 2.05 bits per heavy atom. The smallest absolute Gasteiger partial charge is 0.410 e. The first kappa shape index (κ1) is 15.5. The molecule has 6 nitrogen and oxygen atoms in total. The molecule has 0 unspecified atom stereocenters. The van der Waals surface area contributed by atoms with E-state index < -0.39 is 5.60 Å². The lowest BCUT2D eigenvalue weighted by Gasteiger charge is -2.40. The predicted molar refractivity (Wildman–Crippen MR) is 81.4 cm³/mol. The maximum absolute atomic E-state index is 12.1. The molecule has 0 radical (unpaired) electrons. The molecule has 1 aromatic rings. The van der Waals surface area contributed by atoms with E-state index >= 15 is 0 Å². The molecule has 0 N–H and O–H groups in total. The van der Waals surface area contributed by atoms with Crippen LogP contribution in [-0.4, -0.2) is 52.2 Å². The molecule has 2 heterocycles. The quantitative estimate of drug-likeness (QED) is 0.794.